The summed E-state index contributed by atoms with van der Waals surface area (Å²) in [6, 6.07) is 16.4. The topological polar surface area (TPSA) is 90.3 Å². The Labute approximate surface area is 140 Å². The highest BCUT2D eigenvalue weighted by atomic mass is 32.2. The van der Waals surface area contributed by atoms with Gasteiger partial charge in [0.2, 0.25) is 15.9 Å². The first-order valence-electron chi connectivity index (χ1n) is 7.38. The second-order valence-electron chi connectivity index (χ2n) is 5.47. The number of hydrogen-bond acceptors (Lipinski definition) is 4. The summed E-state index contributed by atoms with van der Waals surface area (Å²) in [5.74, 6) is -0.137. The number of benzene rings is 2. The van der Waals surface area contributed by atoms with Gasteiger partial charge in [-0.3, -0.25) is 4.79 Å². The number of sulfonamides is 1. The molecule has 0 radical (unpaired) electrons. The van der Waals surface area contributed by atoms with Crippen LogP contribution in [0.2, 0.25) is 0 Å². The highest BCUT2D eigenvalue weighted by molar-refractivity contribution is 7.89. The van der Waals surface area contributed by atoms with Crippen LogP contribution in [-0.4, -0.2) is 26.9 Å². The summed E-state index contributed by atoms with van der Waals surface area (Å²) in [5.41, 5.74) is 0.816. The molecule has 1 saturated heterocycles. The van der Waals surface area contributed by atoms with Gasteiger partial charge in [0.05, 0.1) is 10.5 Å². The van der Waals surface area contributed by atoms with Crippen molar-refractivity contribution in [2.45, 2.75) is 17.4 Å². The normalized spacial score (nSPS) is 17.7. The number of amides is 1. The molecule has 6 nitrogen and oxygen atoms in total. The van der Waals surface area contributed by atoms with Crippen LogP contribution in [0, 0.1) is 11.3 Å². The molecule has 2 aromatic rings. The van der Waals surface area contributed by atoms with Gasteiger partial charge < -0.3 is 4.90 Å². The molecule has 1 atom stereocenters. The van der Waals surface area contributed by atoms with E-state index in [1.165, 1.54) is 12.1 Å². The molecule has 122 valence electrons. The molecule has 0 aromatic heterocycles. The van der Waals surface area contributed by atoms with Crippen molar-refractivity contribution in [1.29, 1.82) is 5.26 Å². The van der Waals surface area contributed by atoms with Gasteiger partial charge in [0.25, 0.3) is 0 Å². The number of carbonyl (C=O) groups is 1. The lowest BCUT2D eigenvalue weighted by atomic mass is 10.2. The van der Waals surface area contributed by atoms with Gasteiger partial charge in [0, 0.05) is 24.7 Å². The van der Waals surface area contributed by atoms with Crippen molar-refractivity contribution in [3.8, 4) is 6.07 Å². The lowest BCUT2D eigenvalue weighted by Gasteiger charge is -2.17. The van der Waals surface area contributed by atoms with Crippen molar-refractivity contribution in [2.24, 2.45) is 0 Å². The molecule has 1 unspecified atom stereocenters. The highest BCUT2D eigenvalue weighted by Crippen LogP contribution is 2.23. The molecule has 1 fully saturated rings. The van der Waals surface area contributed by atoms with Gasteiger partial charge in [-0.25, -0.2) is 13.1 Å². The van der Waals surface area contributed by atoms with E-state index in [1.807, 2.05) is 24.3 Å². The van der Waals surface area contributed by atoms with E-state index < -0.39 is 16.1 Å². The zero-order chi connectivity index (χ0) is 17.2. The predicted molar refractivity (Wildman–Crippen MR) is 88.7 cm³/mol. The van der Waals surface area contributed by atoms with E-state index in [2.05, 4.69) is 4.72 Å². The zero-order valence-corrected chi connectivity index (χ0v) is 13.5. The SMILES string of the molecule is N#Cc1ccccc1S(=O)(=O)NC1CC(=O)N(c2ccccc2)C1. The number of rotatable bonds is 4. The number of hydrogen-bond donors (Lipinski definition) is 1. The molecule has 0 bridgehead atoms. The number of nitrogens with zero attached hydrogens (tertiary/aromatic N) is 2. The summed E-state index contributed by atoms with van der Waals surface area (Å²) in [7, 11) is -3.87. The average molecular weight is 341 g/mol. The van der Waals surface area contributed by atoms with E-state index in [0.717, 1.165) is 5.69 Å². The molecule has 0 spiro atoms. The number of nitrogens with one attached hydrogen (secondary N) is 1. The van der Waals surface area contributed by atoms with Gasteiger partial charge in [0.1, 0.15) is 6.07 Å². The Morgan fingerprint density at radius 2 is 1.75 bits per heavy atom. The summed E-state index contributed by atoms with van der Waals surface area (Å²) < 4.78 is 27.6. The Balaban J connectivity index is 1.80. The molecule has 0 saturated carbocycles. The summed E-state index contributed by atoms with van der Waals surface area (Å²) in [6.45, 7) is 0.261. The van der Waals surface area contributed by atoms with Crippen LogP contribution in [0.1, 0.15) is 12.0 Å². The Morgan fingerprint density at radius 1 is 1.08 bits per heavy atom. The first kappa shape index (κ1) is 16.2. The average Bonchev–Trinajstić information content (AvgIpc) is 2.95. The molecule has 1 aliphatic heterocycles. The molecular formula is C17H15N3O3S. The Morgan fingerprint density at radius 3 is 2.46 bits per heavy atom. The van der Waals surface area contributed by atoms with E-state index in [1.54, 1.807) is 29.2 Å². The van der Waals surface area contributed by atoms with Crippen LogP contribution < -0.4 is 9.62 Å². The van der Waals surface area contributed by atoms with Crippen LogP contribution in [0.3, 0.4) is 0 Å². The van der Waals surface area contributed by atoms with Crippen molar-refractivity contribution < 1.29 is 13.2 Å². The fourth-order valence-corrected chi connectivity index (χ4v) is 4.10. The quantitative estimate of drug-likeness (QED) is 0.915. The van der Waals surface area contributed by atoms with E-state index in [9.17, 15) is 13.2 Å². The molecule has 1 heterocycles. The van der Waals surface area contributed by atoms with Crippen molar-refractivity contribution in [1.82, 2.24) is 4.72 Å². The van der Waals surface area contributed by atoms with Crippen LogP contribution in [0.5, 0.6) is 0 Å². The van der Waals surface area contributed by atoms with Crippen LogP contribution in [-0.2, 0) is 14.8 Å². The summed E-state index contributed by atoms with van der Waals surface area (Å²) >= 11 is 0. The molecule has 7 heteroatoms. The van der Waals surface area contributed by atoms with Gasteiger partial charge in [-0.15, -0.1) is 0 Å². The second kappa shape index (κ2) is 6.43. The summed E-state index contributed by atoms with van der Waals surface area (Å²) in [6.07, 6.45) is 0.0862. The minimum Gasteiger partial charge on any atom is -0.311 e. The number of anilines is 1. The largest absolute Gasteiger partial charge is 0.311 e. The number of para-hydroxylation sites is 1. The monoisotopic (exact) mass is 341 g/mol. The lowest BCUT2D eigenvalue weighted by Crippen LogP contribution is -2.37. The summed E-state index contributed by atoms with van der Waals surface area (Å²) in [4.78, 5) is 13.7. The molecule has 24 heavy (non-hydrogen) atoms. The maximum Gasteiger partial charge on any atom is 0.242 e. The van der Waals surface area contributed by atoms with Crippen LogP contribution in [0.15, 0.2) is 59.5 Å². The first-order chi connectivity index (χ1) is 11.5. The lowest BCUT2D eigenvalue weighted by molar-refractivity contribution is -0.117. The van der Waals surface area contributed by atoms with Gasteiger partial charge >= 0.3 is 0 Å². The van der Waals surface area contributed by atoms with Gasteiger partial charge in [-0.05, 0) is 24.3 Å². The third-order valence-electron chi connectivity index (χ3n) is 3.81. The van der Waals surface area contributed by atoms with Crippen molar-refractivity contribution in [3.05, 3.63) is 60.2 Å². The van der Waals surface area contributed by atoms with E-state index >= 15 is 0 Å². The molecular weight excluding hydrogens is 326 g/mol. The second-order valence-corrected chi connectivity index (χ2v) is 7.15. The third-order valence-corrected chi connectivity index (χ3v) is 5.39. The Bertz CT molecular complexity index is 904. The minimum atomic E-state index is -3.87. The van der Waals surface area contributed by atoms with E-state index in [4.69, 9.17) is 5.26 Å². The maximum atomic E-state index is 12.5. The van der Waals surface area contributed by atoms with Gasteiger partial charge in [-0.2, -0.15) is 5.26 Å². The van der Waals surface area contributed by atoms with Crippen LogP contribution in [0.25, 0.3) is 0 Å². The molecule has 1 N–H and O–H groups in total. The molecule has 1 aliphatic rings. The Kier molecular flexibility index (Phi) is 4.34. The first-order valence-corrected chi connectivity index (χ1v) is 8.86. The standard InChI is InChI=1S/C17H15N3O3S/c18-11-13-6-4-5-9-16(13)24(22,23)19-14-10-17(21)20(12-14)15-7-2-1-3-8-15/h1-9,14,19H,10,12H2. The highest BCUT2D eigenvalue weighted by Gasteiger charge is 2.34. The van der Waals surface area contributed by atoms with E-state index in [-0.39, 0.29) is 29.3 Å². The number of nitriles is 1. The van der Waals surface area contributed by atoms with Crippen molar-refractivity contribution in [2.75, 3.05) is 11.4 Å². The third kappa shape index (κ3) is 3.15. The maximum absolute atomic E-state index is 12.5. The van der Waals surface area contributed by atoms with Crippen LogP contribution >= 0.6 is 0 Å². The van der Waals surface area contributed by atoms with Crippen molar-refractivity contribution in [3.63, 3.8) is 0 Å². The fraction of sp³-hybridized carbons (Fsp3) is 0.176. The van der Waals surface area contributed by atoms with Gasteiger partial charge in [0.15, 0.2) is 0 Å². The fourth-order valence-electron chi connectivity index (χ4n) is 2.72. The molecule has 1 amide bonds. The zero-order valence-electron chi connectivity index (χ0n) is 12.7. The van der Waals surface area contributed by atoms with Crippen LogP contribution in [0.4, 0.5) is 5.69 Å². The molecule has 2 aromatic carbocycles. The minimum absolute atomic E-state index is 0.0712. The molecule has 0 aliphatic carbocycles. The van der Waals surface area contributed by atoms with E-state index in [0.29, 0.717) is 0 Å². The number of carbonyl (C=O) groups excluding carboxylic acids is 1. The Hall–Kier alpha value is -2.69. The van der Waals surface area contributed by atoms with Gasteiger partial charge in [-0.1, -0.05) is 30.3 Å². The predicted octanol–water partition coefficient (Wildman–Crippen LogP) is 1.64. The van der Waals surface area contributed by atoms with Crippen molar-refractivity contribution >= 4 is 21.6 Å². The summed E-state index contributed by atoms with van der Waals surface area (Å²) in [5, 5.41) is 9.07. The molecule has 3 rings (SSSR count). The smallest absolute Gasteiger partial charge is 0.242 e.